The summed E-state index contributed by atoms with van der Waals surface area (Å²) in [6.45, 7) is 5.46. The first kappa shape index (κ1) is 16.1. The number of aromatic nitrogens is 2. The Morgan fingerprint density at radius 3 is 2.88 bits per heavy atom. The Kier molecular flexibility index (Phi) is 4.38. The van der Waals surface area contributed by atoms with Gasteiger partial charge in [0, 0.05) is 13.1 Å². The molecule has 3 aromatic rings. The zero-order chi connectivity index (χ0) is 17.2. The molecule has 0 unspecified atom stereocenters. The average Bonchev–Trinajstić information content (AvgIpc) is 3.12. The molecule has 1 aliphatic heterocycles. The van der Waals surface area contributed by atoms with Crippen molar-refractivity contribution in [3.63, 3.8) is 0 Å². The van der Waals surface area contributed by atoms with E-state index in [1.165, 1.54) is 0 Å². The predicted octanol–water partition coefficient (Wildman–Crippen LogP) is 2.26. The van der Waals surface area contributed by atoms with Crippen LogP contribution >= 0.6 is 0 Å². The van der Waals surface area contributed by atoms with Crippen LogP contribution < -0.4 is 5.56 Å². The van der Waals surface area contributed by atoms with Crippen molar-refractivity contribution >= 4 is 10.9 Å². The van der Waals surface area contributed by atoms with Gasteiger partial charge in [-0.1, -0.05) is 12.1 Å². The molecule has 0 spiro atoms. The van der Waals surface area contributed by atoms with E-state index in [0.717, 1.165) is 30.2 Å². The molecule has 1 aromatic carbocycles. The Balaban J connectivity index is 1.75. The number of hydrogen-bond acceptors (Lipinski definition) is 5. The third-order valence-electron chi connectivity index (χ3n) is 4.52. The average molecular weight is 339 g/mol. The van der Waals surface area contributed by atoms with E-state index in [9.17, 15) is 4.79 Å². The maximum Gasteiger partial charge on any atom is 0.261 e. The highest BCUT2D eigenvalue weighted by atomic mass is 16.5. The van der Waals surface area contributed by atoms with Gasteiger partial charge in [-0.3, -0.25) is 14.3 Å². The van der Waals surface area contributed by atoms with E-state index in [1.54, 1.807) is 10.8 Å². The number of furan rings is 1. The van der Waals surface area contributed by atoms with Crippen molar-refractivity contribution in [3.05, 3.63) is 64.6 Å². The Bertz CT molecular complexity index is 917. The molecule has 0 aliphatic carbocycles. The second-order valence-corrected chi connectivity index (χ2v) is 6.43. The fourth-order valence-electron chi connectivity index (χ4n) is 3.29. The van der Waals surface area contributed by atoms with Gasteiger partial charge in [-0.2, -0.15) is 0 Å². The lowest BCUT2D eigenvalue weighted by Gasteiger charge is -2.31. The molecule has 1 fully saturated rings. The number of benzene rings is 1. The van der Waals surface area contributed by atoms with Gasteiger partial charge in [0.15, 0.2) is 0 Å². The van der Waals surface area contributed by atoms with Crippen LogP contribution in [-0.4, -0.2) is 40.3 Å². The minimum absolute atomic E-state index is 0.0293. The Morgan fingerprint density at radius 2 is 2.08 bits per heavy atom. The highest BCUT2D eigenvalue weighted by Crippen LogP contribution is 2.14. The molecule has 0 bridgehead atoms. The topological polar surface area (TPSA) is 60.5 Å². The van der Waals surface area contributed by atoms with E-state index < -0.39 is 0 Å². The van der Waals surface area contributed by atoms with E-state index in [-0.39, 0.29) is 11.7 Å². The molecular formula is C19H21N3O3. The van der Waals surface area contributed by atoms with Crippen LogP contribution in [0.5, 0.6) is 0 Å². The second-order valence-electron chi connectivity index (χ2n) is 6.43. The zero-order valence-corrected chi connectivity index (χ0v) is 14.2. The van der Waals surface area contributed by atoms with Crippen LogP contribution in [0.15, 0.2) is 51.9 Å². The smallest absolute Gasteiger partial charge is 0.261 e. The quantitative estimate of drug-likeness (QED) is 0.730. The summed E-state index contributed by atoms with van der Waals surface area (Å²) in [4.78, 5) is 20.1. The second kappa shape index (κ2) is 6.82. The predicted molar refractivity (Wildman–Crippen MR) is 94.5 cm³/mol. The highest BCUT2D eigenvalue weighted by Gasteiger charge is 2.20. The molecule has 0 amide bonds. The molecule has 1 aliphatic rings. The zero-order valence-electron chi connectivity index (χ0n) is 14.2. The van der Waals surface area contributed by atoms with Gasteiger partial charge < -0.3 is 9.15 Å². The minimum Gasteiger partial charge on any atom is -0.467 e. The summed E-state index contributed by atoms with van der Waals surface area (Å²) in [7, 11) is 0. The number of morpholine rings is 1. The summed E-state index contributed by atoms with van der Waals surface area (Å²) >= 11 is 0. The summed E-state index contributed by atoms with van der Waals surface area (Å²) < 4.78 is 12.8. The van der Waals surface area contributed by atoms with Crippen molar-refractivity contribution < 1.29 is 9.15 Å². The third-order valence-corrected chi connectivity index (χ3v) is 4.52. The van der Waals surface area contributed by atoms with Crippen molar-refractivity contribution in [1.29, 1.82) is 0 Å². The van der Waals surface area contributed by atoms with Crippen LogP contribution in [0, 0.1) is 0 Å². The van der Waals surface area contributed by atoms with Gasteiger partial charge in [0.2, 0.25) is 0 Å². The Labute approximate surface area is 145 Å². The Hall–Kier alpha value is -2.44. The van der Waals surface area contributed by atoms with Crippen molar-refractivity contribution in [2.24, 2.45) is 0 Å². The summed E-state index contributed by atoms with van der Waals surface area (Å²) in [5, 5.41) is 0.633. The summed E-state index contributed by atoms with van der Waals surface area (Å²) in [5.74, 6) is 1.50. The molecule has 0 N–H and O–H groups in total. The molecule has 0 saturated carbocycles. The van der Waals surface area contributed by atoms with Gasteiger partial charge >= 0.3 is 0 Å². The van der Waals surface area contributed by atoms with Gasteiger partial charge in [-0.05, 0) is 31.2 Å². The molecule has 25 heavy (non-hydrogen) atoms. The van der Waals surface area contributed by atoms with Crippen LogP contribution in [0.25, 0.3) is 10.9 Å². The number of para-hydroxylation sites is 1. The van der Waals surface area contributed by atoms with E-state index in [2.05, 4.69) is 11.8 Å². The number of fused-ring (bicyclic) bond motifs is 1. The lowest BCUT2D eigenvalue weighted by Crippen LogP contribution is -2.42. The number of hydrogen-bond donors (Lipinski definition) is 0. The van der Waals surface area contributed by atoms with Gasteiger partial charge in [-0.25, -0.2) is 4.98 Å². The molecule has 4 rings (SSSR count). The number of nitrogens with zero attached hydrogens (tertiary/aromatic N) is 3. The standard InChI is InChI=1S/C19H21N3O3/c1-14-11-21(8-10-24-14)13-18-20-17-7-3-2-6-16(17)19(23)22(18)12-15-5-4-9-25-15/h2-7,9,14H,8,10-13H2,1H3/t14-/m1/s1. The maximum atomic E-state index is 13.0. The summed E-state index contributed by atoms with van der Waals surface area (Å²) in [5.41, 5.74) is 0.706. The first-order valence-electron chi connectivity index (χ1n) is 8.55. The fraction of sp³-hybridized carbons (Fsp3) is 0.368. The normalized spacial score (nSPS) is 18.7. The van der Waals surface area contributed by atoms with Crippen LogP contribution in [0.3, 0.4) is 0 Å². The van der Waals surface area contributed by atoms with Crippen LogP contribution in [0.2, 0.25) is 0 Å². The van der Waals surface area contributed by atoms with Gasteiger partial charge in [0.05, 0.1) is 43.0 Å². The van der Waals surface area contributed by atoms with Crippen molar-refractivity contribution in [3.8, 4) is 0 Å². The molecule has 2 aromatic heterocycles. The van der Waals surface area contributed by atoms with Gasteiger partial charge in [-0.15, -0.1) is 0 Å². The van der Waals surface area contributed by atoms with Crippen molar-refractivity contribution in [2.45, 2.75) is 26.1 Å². The molecule has 6 nitrogen and oxygen atoms in total. The summed E-state index contributed by atoms with van der Waals surface area (Å²) in [6.07, 6.45) is 1.82. The lowest BCUT2D eigenvalue weighted by atomic mass is 10.2. The molecule has 130 valence electrons. The van der Waals surface area contributed by atoms with Crippen LogP contribution in [0.4, 0.5) is 0 Å². The SMILES string of the molecule is C[C@@H]1CN(Cc2nc3ccccc3c(=O)n2Cc2ccco2)CCO1. The van der Waals surface area contributed by atoms with E-state index in [4.69, 9.17) is 14.1 Å². The number of rotatable bonds is 4. The molecule has 3 heterocycles. The van der Waals surface area contributed by atoms with Crippen molar-refractivity contribution in [2.75, 3.05) is 19.7 Å². The Morgan fingerprint density at radius 1 is 1.20 bits per heavy atom. The van der Waals surface area contributed by atoms with E-state index in [0.29, 0.717) is 25.1 Å². The fourth-order valence-corrected chi connectivity index (χ4v) is 3.29. The van der Waals surface area contributed by atoms with E-state index >= 15 is 0 Å². The lowest BCUT2D eigenvalue weighted by molar-refractivity contribution is -0.0223. The van der Waals surface area contributed by atoms with E-state index in [1.807, 2.05) is 36.4 Å². The first-order valence-corrected chi connectivity index (χ1v) is 8.55. The summed E-state index contributed by atoms with van der Waals surface area (Å²) in [6, 6.07) is 11.2. The van der Waals surface area contributed by atoms with Crippen LogP contribution in [0.1, 0.15) is 18.5 Å². The molecule has 6 heteroatoms. The molecule has 1 atom stereocenters. The van der Waals surface area contributed by atoms with Gasteiger partial charge in [0.25, 0.3) is 5.56 Å². The monoisotopic (exact) mass is 339 g/mol. The molecular weight excluding hydrogens is 318 g/mol. The number of ether oxygens (including phenoxy) is 1. The first-order chi connectivity index (χ1) is 12.2. The highest BCUT2D eigenvalue weighted by molar-refractivity contribution is 5.77. The van der Waals surface area contributed by atoms with Crippen molar-refractivity contribution in [1.82, 2.24) is 14.5 Å². The third kappa shape index (κ3) is 3.36. The molecule has 1 saturated heterocycles. The maximum absolute atomic E-state index is 13.0. The van der Waals surface area contributed by atoms with Gasteiger partial charge in [0.1, 0.15) is 11.6 Å². The van der Waals surface area contributed by atoms with Crippen LogP contribution in [-0.2, 0) is 17.8 Å². The largest absolute Gasteiger partial charge is 0.467 e. The minimum atomic E-state index is -0.0293. The molecule has 0 radical (unpaired) electrons.